The number of carbonyl (C=O) groups is 1. The zero-order valence-corrected chi connectivity index (χ0v) is 15.8. The van der Waals surface area contributed by atoms with Crippen LogP contribution in [0.25, 0.3) is 10.8 Å². The average Bonchev–Trinajstić information content (AvgIpc) is 3.23. The highest BCUT2D eigenvalue weighted by atomic mass is 32.1. The first-order chi connectivity index (χ1) is 12.3. The predicted octanol–water partition coefficient (Wildman–Crippen LogP) is 3.39. The monoisotopic (exact) mass is 371 g/mol. The second-order valence-electron chi connectivity index (χ2n) is 6.94. The smallest absolute Gasteiger partial charge is 0.387 e. The summed E-state index contributed by atoms with van der Waals surface area (Å²) in [6, 6.07) is 13.4. The SMILES string of the molecule is CC(C)(C)N(Cc1ccccc1)C(=O)Cn1nc(-c2cccs2)oc1=O. The lowest BCUT2D eigenvalue weighted by Crippen LogP contribution is -2.47. The van der Waals surface area contributed by atoms with Crippen LogP contribution in [0.1, 0.15) is 26.3 Å². The van der Waals surface area contributed by atoms with Gasteiger partial charge in [0.25, 0.3) is 5.89 Å². The van der Waals surface area contributed by atoms with E-state index in [2.05, 4.69) is 5.10 Å². The fraction of sp³-hybridized carbons (Fsp3) is 0.316. The summed E-state index contributed by atoms with van der Waals surface area (Å²) >= 11 is 1.43. The Bertz CT molecular complexity index is 921. The minimum Gasteiger partial charge on any atom is -0.387 e. The van der Waals surface area contributed by atoms with Crippen LogP contribution < -0.4 is 5.76 Å². The molecule has 3 rings (SSSR count). The molecule has 136 valence electrons. The molecule has 0 bridgehead atoms. The average molecular weight is 371 g/mol. The molecular weight excluding hydrogens is 350 g/mol. The Morgan fingerprint density at radius 3 is 2.54 bits per heavy atom. The number of hydrogen-bond donors (Lipinski definition) is 0. The van der Waals surface area contributed by atoms with Gasteiger partial charge in [0.2, 0.25) is 5.91 Å². The number of rotatable bonds is 5. The Balaban J connectivity index is 1.81. The number of thiophene rings is 1. The lowest BCUT2D eigenvalue weighted by atomic mass is 10.0. The molecule has 0 saturated heterocycles. The second-order valence-corrected chi connectivity index (χ2v) is 7.89. The van der Waals surface area contributed by atoms with Crippen LogP contribution in [0.15, 0.2) is 57.1 Å². The van der Waals surface area contributed by atoms with E-state index in [9.17, 15) is 9.59 Å². The molecular formula is C19H21N3O3S. The molecule has 26 heavy (non-hydrogen) atoms. The van der Waals surface area contributed by atoms with Gasteiger partial charge in [-0.3, -0.25) is 4.79 Å². The Morgan fingerprint density at radius 2 is 1.92 bits per heavy atom. The van der Waals surface area contributed by atoms with Crippen molar-refractivity contribution < 1.29 is 9.21 Å². The molecule has 1 aromatic carbocycles. The third-order valence-electron chi connectivity index (χ3n) is 3.92. The maximum absolute atomic E-state index is 12.9. The van der Waals surface area contributed by atoms with E-state index < -0.39 is 11.3 Å². The van der Waals surface area contributed by atoms with Crippen LogP contribution >= 0.6 is 11.3 Å². The summed E-state index contributed by atoms with van der Waals surface area (Å²) in [6.45, 7) is 6.22. The van der Waals surface area contributed by atoms with Crippen LogP contribution in [0, 0.1) is 0 Å². The number of benzene rings is 1. The highest BCUT2D eigenvalue weighted by Crippen LogP contribution is 2.22. The van der Waals surface area contributed by atoms with Gasteiger partial charge in [-0.1, -0.05) is 36.4 Å². The Kier molecular flexibility index (Phi) is 5.08. The normalized spacial score (nSPS) is 11.5. The standard InChI is InChI=1S/C19H21N3O3S/c1-19(2,3)21(12-14-8-5-4-6-9-14)16(23)13-22-18(24)25-17(20-22)15-10-7-11-26-15/h4-11H,12-13H2,1-3H3. The van der Waals surface area contributed by atoms with Crippen molar-refractivity contribution in [2.24, 2.45) is 0 Å². The van der Waals surface area contributed by atoms with E-state index in [0.717, 1.165) is 15.1 Å². The fourth-order valence-corrected chi connectivity index (χ4v) is 3.23. The van der Waals surface area contributed by atoms with Crippen molar-refractivity contribution in [3.05, 3.63) is 64.0 Å². The third-order valence-corrected chi connectivity index (χ3v) is 4.78. The molecule has 0 aliphatic carbocycles. The lowest BCUT2D eigenvalue weighted by molar-refractivity contribution is -0.137. The maximum Gasteiger partial charge on any atom is 0.437 e. The molecule has 0 aliphatic rings. The second kappa shape index (κ2) is 7.29. The highest BCUT2D eigenvalue weighted by molar-refractivity contribution is 7.13. The minimum absolute atomic E-state index is 0.155. The van der Waals surface area contributed by atoms with Crippen molar-refractivity contribution >= 4 is 17.2 Å². The topological polar surface area (TPSA) is 68.3 Å². The van der Waals surface area contributed by atoms with Crippen molar-refractivity contribution in [3.63, 3.8) is 0 Å². The summed E-state index contributed by atoms with van der Waals surface area (Å²) in [5.41, 5.74) is 0.638. The van der Waals surface area contributed by atoms with E-state index in [4.69, 9.17) is 4.42 Å². The molecule has 0 fully saturated rings. The van der Waals surface area contributed by atoms with Crippen molar-refractivity contribution in [3.8, 4) is 10.8 Å². The zero-order valence-electron chi connectivity index (χ0n) is 15.0. The van der Waals surface area contributed by atoms with E-state index in [1.807, 2.05) is 68.6 Å². The molecule has 0 atom stereocenters. The number of nitrogens with zero attached hydrogens (tertiary/aromatic N) is 3. The van der Waals surface area contributed by atoms with Crippen LogP contribution in [-0.4, -0.2) is 26.1 Å². The van der Waals surface area contributed by atoms with Crippen molar-refractivity contribution in [2.45, 2.75) is 39.4 Å². The van der Waals surface area contributed by atoms with Gasteiger partial charge in [0.05, 0.1) is 4.88 Å². The van der Waals surface area contributed by atoms with E-state index in [-0.39, 0.29) is 18.3 Å². The third kappa shape index (κ3) is 4.11. The number of amides is 1. The summed E-state index contributed by atoms with van der Waals surface area (Å²) in [5, 5.41) is 6.04. The minimum atomic E-state index is -0.629. The molecule has 7 heteroatoms. The molecule has 0 saturated carbocycles. The fourth-order valence-electron chi connectivity index (χ4n) is 2.58. The molecule has 0 aliphatic heterocycles. The van der Waals surface area contributed by atoms with Gasteiger partial charge in [-0.05, 0) is 37.8 Å². The van der Waals surface area contributed by atoms with E-state index >= 15 is 0 Å². The number of aromatic nitrogens is 2. The van der Waals surface area contributed by atoms with E-state index in [0.29, 0.717) is 6.54 Å². The van der Waals surface area contributed by atoms with Crippen molar-refractivity contribution in [2.75, 3.05) is 0 Å². The van der Waals surface area contributed by atoms with Gasteiger partial charge in [-0.2, -0.15) is 4.68 Å². The van der Waals surface area contributed by atoms with Gasteiger partial charge in [0.15, 0.2) is 0 Å². The Morgan fingerprint density at radius 1 is 1.19 bits per heavy atom. The summed E-state index contributed by atoms with van der Waals surface area (Å²) in [5.74, 6) is -0.576. The molecule has 1 amide bonds. The van der Waals surface area contributed by atoms with Crippen LogP contribution in [0.3, 0.4) is 0 Å². The number of carbonyl (C=O) groups excluding carboxylic acids is 1. The predicted molar refractivity (Wildman–Crippen MR) is 101 cm³/mol. The molecule has 2 aromatic heterocycles. The van der Waals surface area contributed by atoms with Crippen molar-refractivity contribution in [1.29, 1.82) is 0 Å². The lowest BCUT2D eigenvalue weighted by Gasteiger charge is -2.35. The summed E-state index contributed by atoms with van der Waals surface area (Å²) in [7, 11) is 0. The van der Waals surface area contributed by atoms with Gasteiger partial charge >= 0.3 is 5.76 Å². The Labute approximate surface area is 155 Å². The van der Waals surface area contributed by atoms with Crippen LogP contribution in [0.5, 0.6) is 0 Å². The first-order valence-electron chi connectivity index (χ1n) is 8.31. The maximum atomic E-state index is 12.9. The number of hydrogen-bond acceptors (Lipinski definition) is 5. The first-order valence-corrected chi connectivity index (χ1v) is 9.19. The van der Waals surface area contributed by atoms with Crippen molar-refractivity contribution in [1.82, 2.24) is 14.7 Å². The molecule has 0 spiro atoms. The summed E-state index contributed by atoms with van der Waals surface area (Å²) < 4.78 is 6.26. The largest absolute Gasteiger partial charge is 0.437 e. The highest BCUT2D eigenvalue weighted by Gasteiger charge is 2.27. The molecule has 6 nitrogen and oxygen atoms in total. The quantitative estimate of drug-likeness (QED) is 0.689. The summed E-state index contributed by atoms with van der Waals surface area (Å²) in [6.07, 6.45) is 0. The van der Waals surface area contributed by atoms with Crippen LogP contribution in [0.4, 0.5) is 0 Å². The van der Waals surface area contributed by atoms with Gasteiger partial charge in [0.1, 0.15) is 6.54 Å². The molecule has 0 unspecified atom stereocenters. The molecule has 3 aromatic rings. The first kappa shape index (κ1) is 18.1. The zero-order chi connectivity index (χ0) is 18.7. The van der Waals surface area contributed by atoms with Gasteiger partial charge in [-0.25, -0.2) is 4.79 Å². The van der Waals surface area contributed by atoms with Crippen LogP contribution in [0.2, 0.25) is 0 Å². The van der Waals surface area contributed by atoms with Gasteiger partial charge in [0, 0.05) is 12.1 Å². The summed E-state index contributed by atoms with van der Waals surface area (Å²) in [4.78, 5) is 27.5. The molecule has 0 N–H and O–H groups in total. The van der Waals surface area contributed by atoms with E-state index in [1.54, 1.807) is 4.90 Å². The molecule has 2 heterocycles. The van der Waals surface area contributed by atoms with Crippen LogP contribution in [-0.2, 0) is 17.9 Å². The van der Waals surface area contributed by atoms with Gasteiger partial charge in [-0.15, -0.1) is 16.4 Å². The molecule has 0 radical (unpaired) electrons. The van der Waals surface area contributed by atoms with Gasteiger partial charge < -0.3 is 9.32 Å². The Hall–Kier alpha value is -2.67. The van der Waals surface area contributed by atoms with E-state index in [1.165, 1.54) is 11.3 Å².